The van der Waals surface area contributed by atoms with Crippen LogP contribution in [0.1, 0.15) is 23.2 Å². The van der Waals surface area contributed by atoms with Gasteiger partial charge in [-0.15, -0.1) is 0 Å². The number of hydrogen-bond donors (Lipinski definition) is 1. The summed E-state index contributed by atoms with van der Waals surface area (Å²) >= 11 is 0. The van der Waals surface area contributed by atoms with Crippen molar-refractivity contribution in [3.63, 3.8) is 0 Å². The molecule has 17 heavy (non-hydrogen) atoms. The van der Waals surface area contributed by atoms with Crippen molar-refractivity contribution in [2.45, 2.75) is 18.9 Å². The van der Waals surface area contributed by atoms with E-state index >= 15 is 0 Å². The third-order valence-electron chi connectivity index (χ3n) is 2.79. The fraction of sp³-hybridized carbons (Fsp3) is 0.300. The van der Waals surface area contributed by atoms with Crippen LogP contribution in [0.15, 0.2) is 18.2 Å². The molecule has 1 N–H and O–H groups in total. The lowest BCUT2D eigenvalue weighted by Gasteiger charge is -2.28. The van der Waals surface area contributed by atoms with Crippen LogP contribution < -0.4 is 4.72 Å². The summed E-state index contributed by atoms with van der Waals surface area (Å²) in [6.07, 6.45) is 1.33. The minimum absolute atomic E-state index is 0.0618. The van der Waals surface area contributed by atoms with Crippen LogP contribution in [0.5, 0.6) is 0 Å². The molecule has 1 aromatic carbocycles. The van der Waals surface area contributed by atoms with Gasteiger partial charge in [-0.3, -0.25) is 9.52 Å². The lowest BCUT2D eigenvalue weighted by atomic mass is 10.1. The first-order valence-corrected chi connectivity index (χ1v) is 6.59. The molecule has 1 amide bonds. The normalized spacial score (nSPS) is 21.9. The van der Waals surface area contributed by atoms with Gasteiger partial charge in [0.1, 0.15) is 5.82 Å². The highest BCUT2D eigenvalue weighted by atomic mass is 32.2. The highest BCUT2D eigenvalue weighted by molar-refractivity contribution is 7.91. The van der Waals surface area contributed by atoms with Crippen molar-refractivity contribution in [1.29, 1.82) is 0 Å². The Bertz CT molecular complexity index is 610. The first kappa shape index (κ1) is 10.5. The second-order valence-corrected chi connectivity index (χ2v) is 5.68. The summed E-state index contributed by atoms with van der Waals surface area (Å²) in [6, 6.07) is 3.14. The molecule has 1 aliphatic carbocycles. The maximum absolute atomic E-state index is 13.1. The van der Waals surface area contributed by atoms with E-state index < -0.39 is 21.9 Å². The summed E-state index contributed by atoms with van der Waals surface area (Å²) < 4.78 is 39.8. The number of fused-ring (bicyclic) bond motifs is 1. The Morgan fingerprint density at radius 2 is 2.06 bits per heavy atom. The predicted octanol–water partition coefficient (Wildman–Crippen LogP) is 1.10. The monoisotopic (exact) mass is 256 g/mol. The van der Waals surface area contributed by atoms with Crippen molar-refractivity contribution < 1.29 is 17.6 Å². The molecule has 0 atom stereocenters. The minimum Gasteiger partial charge on any atom is -0.268 e. The van der Waals surface area contributed by atoms with Crippen molar-refractivity contribution in [2.24, 2.45) is 0 Å². The summed E-state index contributed by atoms with van der Waals surface area (Å²) in [5.41, 5.74) is 0.194. The Kier molecular flexibility index (Phi) is 1.97. The Morgan fingerprint density at radius 3 is 2.71 bits per heavy atom. The van der Waals surface area contributed by atoms with Crippen LogP contribution in [-0.2, 0) is 10.2 Å². The molecule has 0 radical (unpaired) electrons. The number of amides is 1. The van der Waals surface area contributed by atoms with E-state index in [0.717, 1.165) is 16.4 Å². The van der Waals surface area contributed by atoms with E-state index in [1.165, 1.54) is 6.07 Å². The van der Waals surface area contributed by atoms with Crippen molar-refractivity contribution in [3.05, 3.63) is 29.6 Å². The molecule has 5 nitrogen and oxygen atoms in total. The topological polar surface area (TPSA) is 66.5 Å². The first-order chi connectivity index (χ1) is 7.99. The molecule has 7 heteroatoms. The number of carbonyl (C=O) groups is 1. The number of carbonyl (C=O) groups excluding carboxylic acids is 1. The molecule has 1 saturated carbocycles. The standard InChI is InChI=1S/C10H9FN2O3S/c11-6-1-4-9-8(5-6)10(14)13(7-2-3-7)17(15,16)12-9/h1,4-5,7,12H,2-3H2. The molecule has 3 rings (SSSR count). The van der Waals surface area contributed by atoms with Crippen LogP contribution in [-0.4, -0.2) is 24.7 Å². The smallest absolute Gasteiger partial charge is 0.268 e. The van der Waals surface area contributed by atoms with Crippen molar-refractivity contribution in [3.8, 4) is 0 Å². The third-order valence-corrected chi connectivity index (χ3v) is 4.25. The quantitative estimate of drug-likeness (QED) is 0.818. The molecular formula is C10H9FN2O3S. The molecule has 0 bridgehead atoms. The summed E-state index contributed by atoms with van der Waals surface area (Å²) in [5, 5.41) is 0. The number of halogens is 1. The average molecular weight is 256 g/mol. The van der Waals surface area contributed by atoms with Gasteiger partial charge in [0.05, 0.1) is 17.3 Å². The zero-order valence-corrected chi connectivity index (χ0v) is 9.50. The highest BCUT2D eigenvalue weighted by Crippen LogP contribution is 2.35. The van der Waals surface area contributed by atoms with Crippen molar-refractivity contribution >= 4 is 21.8 Å². The molecule has 1 heterocycles. The van der Waals surface area contributed by atoms with E-state index in [0.29, 0.717) is 12.8 Å². The van der Waals surface area contributed by atoms with Gasteiger partial charge in [-0.1, -0.05) is 0 Å². The van der Waals surface area contributed by atoms with Crippen molar-refractivity contribution in [2.75, 3.05) is 4.72 Å². The Labute approximate surface area is 97.4 Å². The predicted molar refractivity (Wildman–Crippen MR) is 58.1 cm³/mol. The van der Waals surface area contributed by atoms with Crippen LogP contribution in [0, 0.1) is 5.82 Å². The summed E-state index contributed by atoms with van der Waals surface area (Å²) in [7, 11) is -3.82. The van der Waals surface area contributed by atoms with Crippen molar-refractivity contribution in [1.82, 2.24) is 4.31 Å². The van der Waals surface area contributed by atoms with Gasteiger partial charge in [0.25, 0.3) is 5.91 Å². The Morgan fingerprint density at radius 1 is 1.35 bits per heavy atom. The molecule has 1 fully saturated rings. The van der Waals surface area contributed by atoms with E-state index in [1.807, 2.05) is 0 Å². The van der Waals surface area contributed by atoms with Gasteiger partial charge in [0.2, 0.25) is 0 Å². The molecule has 1 aliphatic heterocycles. The number of hydrogen-bond acceptors (Lipinski definition) is 3. The molecule has 0 unspecified atom stereocenters. The van der Waals surface area contributed by atoms with E-state index in [-0.39, 0.29) is 17.3 Å². The van der Waals surface area contributed by atoms with E-state index in [9.17, 15) is 17.6 Å². The number of nitrogens with zero attached hydrogens (tertiary/aromatic N) is 1. The number of anilines is 1. The van der Waals surface area contributed by atoms with Gasteiger partial charge in [-0.2, -0.15) is 8.42 Å². The van der Waals surface area contributed by atoms with Gasteiger partial charge >= 0.3 is 10.2 Å². The summed E-state index contributed by atoms with van der Waals surface area (Å²) in [4.78, 5) is 12.0. The molecular weight excluding hydrogens is 247 g/mol. The molecule has 0 spiro atoms. The molecule has 90 valence electrons. The van der Waals surface area contributed by atoms with Crippen LogP contribution in [0.4, 0.5) is 10.1 Å². The number of rotatable bonds is 1. The van der Waals surface area contributed by atoms with Gasteiger partial charge in [-0.05, 0) is 31.0 Å². The number of benzene rings is 1. The van der Waals surface area contributed by atoms with Crippen LogP contribution in [0.2, 0.25) is 0 Å². The zero-order valence-electron chi connectivity index (χ0n) is 8.68. The SMILES string of the molecule is O=C1c2cc(F)ccc2NS(=O)(=O)N1C1CC1. The average Bonchev–Trinajstić information content (AvgIpc) is 3.03. The van der Waals surface area contributed by atoms with Crippen LogP contribution in [0.25, 0.3) is 0 Å². The molecule has 0 aromatic heterocycles. The first-order valence-electron chi connectivity index (χ1n) is 5.15. The Hall–Kier alpha value is -1.63. The maximum Gasteiger partial charge on any atom is 0.326 e. The van der Waals surface area contributed by atoms with Gasteiger partial charge in [-0.25, -0.2) is 8.70 Å². The third kappa shape index (κ3) is 1.57. The molecule has 0 saturated heterocycles. The lowest BCUT2D eigenvalue weighted by Crippen LogP contribution is -2.46. The fourth-order valence-corrected chi connectivity index (χ4v) is 3.34. The molecule has 1 aromatic rings. The highest BCUT2D eigenvalue weighted by Gasteiger charge is 2.44. The fourth-order valence-electron chi connectivity index (χ4n) is 1.87. The largest absolute Gasteiger partial charge is 0.326 e. The van der Waals surface area contributed by atoms with Gasteiger partial charge in [0, 0.05) is 0 Å². The summed E-state index contributed by atoms with van der Waals surface area (Å²) in [5.74, 6) is -1.21. The zero-order chi connectivity index (χ0) is 12.2. The second-order valence-electron chi connectivity index (χ2n) is 4.13. The summed E-state index contributed by atoms with van der Waals surface area (Å²) in [6.45, 7) is 0. The van der Waals surface area contributed by atoms with Gasteiger partial charge in [0.15, 0.2) is 0 Å². The van der Waals surface area contributed by atoms with Crippen LogP contribution in [0.3, 0.4) is 0 Å². The Balaban J connectivity index is 2.16. The van der Waals surface area contributed by atoms with E-state index in [2.05, 4.69) is 4.72 Å². The number of nitrogens with one attached hydrogen (secondary N) is 1. The van der Waals surface area contributed by atoms with E-state index in [4.69, 9.17) is 0 Å². The second kappa shape index (κ2) is 3.19. The lowest BCUT2D eigenvalue weighted by molar-refractivity contribution is 0.0853. The van der Waals surface area contributed by atoms with Crippen LogP contribution >= 0.6 is 0 Å². The van der Waals surface area contributed by atoms with E-state index in [1.54, 1.807) is 0 Å². The van der Waals surface area contributed by atoms with Gasteiger partial charge < -0.3 is 0 Å². The molecule has 2 aliphatic rings. The minimum atomic E-state index is -3.82. The maximum atomic E-state index is 13.1.